The van der Waals surface area contributed by atoms with Crippen LogP contribution in [0.4, 0.5) is 0 Å². The number of amides is 1. The Labute approximate surface area is 92.1 Å². The fourth-order valence-electron chi connectivity index (χ4n) is 1.83. The second-order valence-corrected chi connectivity index (χ2v) is 4.53. The summed E-state index contributed by atoms with van der Waals surface area (Å²) in [5, 5.41) is 8.73. The highest BCUT2D eigenvalue weighted by Crippen LogP contribution is 2.37. The average molecular weight is 208 g/mol. The Morgan fingerprint density at radius 3 is 2.53 bits per heavy atom. The molecule has 2 atom stereocenters. The third-order valence-electron chi connectivity index (χ3n) is 3.13. The SMILES string of the molecule is CCN(CC(C)C#N)C(=O)C(C)C1CC1. The van der Waals surface area contributed by atoms with E-state index in [2.05, 4.69) is 6.07 Å². The molecule has 0 aromatic heterocycles. The Morgan fingerprint density at radius 1 is 1.53 bits per heavy atom. The van der Waals surface area contributed by atoms with Crippen LogP contribution in [0.3, 0.4) is 0 Å². The molecule has 2 unspecified atom stereocenters. The molecule has 3 nitrogen and oxygen atoms in total. The Morgan fingerprint density at radius 2 is 2.13 bits per heavy atom. The molecule has 0 saturated heterocycles. The van der Waals surface area contributed by atoms with Crippen LogP contribution in [-0.4, -0.2) is 23.9 Å². The molecule has 1 saturated carbocycles. The maximum absolute atomic E-state index is 12.0. The zero-order valence-corrected chi connectivity index (χ0v) is 9.86. The molecule has 0 aliphatic heterocycles. The van der Waals surface area contributed by atoms with Crippen LogP contribution in [0.5, 0.6) is 0 Å². The van der Waals surface area contributed by atoms with E-state index in [1.54, 1.807) is 0 Å². The minimum Gasteiger partial charge on any atom is -0.341 e. The molecule has 1 fully saturated rings. The molecule has 1 aliphatic rings. The highest BCUT2D eigenvalue weighted by molar-refractivity contribution is 5.79. The number of carbonyl (C=O) groups is 1. The molecule has 0 heterocycles. The van der Waals surface area contributed by atoms with Gasteiger partial charge in [0.25, 0.3) is 0 Å². The smallest absolute Gasteiger partial charge is 0.225 e. The number of nitriles is 1. The van der Waals surface area contributed by atoms with Crippen LogP contribution in [0.2, 0.25) is 0 Å². The van der Waals surface area contributed by atoms with Gasteiger partial charge in [0, 0.05) is 19.0 Å². The number of hydrogen-bond acceptors (Lipinski definition) is 2. The summed E-state index contributed by atoms with van der Waals surface area (Å²) in [6.07, 6.45) is 2.39. The lowest BCUT2D eigenvalue weighted by atomic mass is 10.0. The molecule has 0 spiro atoms. The molecule has 15 heavy (non-hydrogen) atoms. The number of hydrogen-bond donors (Lipinski definition) is 0. The summed E-state index contributed by atoms with van der Waals surface area (Å²) in [7, 11) is 0. The van der Waals surface area contributed by atoms with Crippen LogP contribution in [0.15, 0.2) is 0 Å². The monoisotopic (exact) mass is 208 g/mol. The van der Waals surface area contributed by atoms with Gasteiger partial charge in [0.1, 0.15) is 0 Å². The van der Waals surface area contributed by atoms with Crippen molar-refractivity contribution < 1.29 is 4.79 Å². The second kappa shape index (κ2) is 5.16. The summed E-state index contributed by atoms with van der Waals surface area (Å²) < 4.78 is 0. The first-order valence-electron chi connectivity index (χ1n) is 5.78. The maximum Gasteiger partial charge on any atom is 0.225 e. The van der Waals surface area contributed by atoms with Gasteiger partial charge in [-0.05, 0) is 32.6 Å². The van der Waals surface area contributed by atoms with E-state index in [1.807, 2.05) is 25.7 Å². The van der Waals surface area contributed by atoms with Crippen molar-refractivity contribution in [1.82, 2.24) is 4.90 Å². The molecule has 1 rings (SSSR count). The molecule has 3 heteroatoms. The first-order valence-corrected chi connectivity index (χ1v) is 5.78. The molecular weight excluding hydrogens is 188 g/mol. The predicted octanol–water partition coefficient (Wildman–Crippen LogP) is 2.04. The van der Waals surface area contributed by atoms with E-state index >= 15 is 0 Å². The highest BCUT2D eigenvalue weighted by atomic mass is 16.2. The largest absolute Gasteiger partial charge is 0.341 e. The Hall–Kier alpha value is -1.04. The summed E-state index contributed by atoms with van der Waals surface area (Å²) in [4.78, 5) is 13.8. The summed E-state index contributed by atoms with van der Waals surface area (Å²) in [6.45, 7) is 7.13. The Kier molecular flexibility index (Phi) is 4.14. The lowest BCUT2D eigenvalue weighted by Gasteiger charge is -2.25. The fourth-order valence-corrected chi connectivity index (χ4v) is 1.83. The molecule has 1 aliphatic carbocycles. The van der Waals surface area contributed by atoms with Crippen molar-refractivity contribution in [3.63, 3.8) is 0 Å². The van der Waals surface area contributed by atoms with Crippen molar-refractivity contribution in [1.29, 1.82) is 5.26 Å². The molecular formula is C12H20N2O. The van der Waals surface area contributed by atoms with Crippen molar-refractivity contribution in [2.45, 2.75) is 33.6 Å². The minimum absolute atomic E-state index is 0.0692. The van der Waals surface area contributed by atoms with Gasteiger partial charge in [-0.2, -0.15) is 5.26 Å². The Bertz CT molecular complexity index is 265. The molecule has 0 bridgehead atoms. The van der Waals surface area contributed by atoms with Crippen molar-refractivity contribution in [2.75, 3.05) is 13.1 Å². The van der Waals surface area contributed by atoms with Crippen LogP contribution in [0.25, 0.3) is 0 Å². The third-order valence-corrected chi connectivity index (χ3v) is 3.13. The lowest BCUT2D eigenvalue weighted by molar-refractivity contribution is -0.135. The van der Waals surface area contributed by atoms with Gasteiger partial charge < -0.3 is 4.90 Å². The van der Waals surface area contributed by atoms with Crippen molar-refractivity contribution in [3.8, 4) is 6.07 Å². The van der Waals surface area contributed by atoms with Crippen LogP contribution in [-0.2, 0) is 4.79 Å². The van der Waals surface area contributed by atoms with E-state index in [9.17, 15) is 4.79 Å². The summed E-state index contributed by atoms with van der Waals surface area (Å²) in [5.41, 5.74) is 0. The standard InChI is InChI=1S/C12H20N2O/c1-4-14(8-9(2)7-13)12(15)10(3)11-5-6-11/h9-11H,4-6,8H2,1-3H3. The van der Waals surface area contributed by atoms with Gasteiger partial charge in [-0.1, -0.05) is 6.92 Å². The highest BCUT2D eigenvalue weighted by Gasteiger charge is 2.34. The predicted molar refractivity (Wildman–Crippen MR) is 58.9 cm³/mol. The van der Waals surface area contributed by atoms with E-state index in [4.69, 9.17) is 5.26 Å². The van der Waals surface area contributed by atoms with Crippen LogP contribution >= 0.6 is 0 Å². The first kappa shape index (κ1) is 12.0. The van der Waals surface area contributed by atoms with E-state index in [0.717, 1.165) is 0 Å². The van der Waals surface area contributed by atoms with E-state index in [-0.39, 0.29) is 17.7 Å². The number of rotatable bonds is 5. The van der Waals surface area contributed by atoms with E-state index < -0.39 is 0 Å². The van der Waals surface area contributed by atoms with Crippen molar-refractivity contribution in [2.24, 2.45) is 17.8 Å². The van der Waals surface area contributed by atoms with Gasteiger partial charge in [0.2, 0.25) is 5.91 Å². The molecule has 1 amide bonds. The zero-order valence-electron chi connectivity index (χ0n) is 9.86. The topological polar surface area (TPSA) is 44.1 Å². The van der Waals surface area contributed by atoms with Gasteiger partial charge in [0.15, 0.2) is 0 Å². The lowest BCUT2D eigenvalue weighted by Crippen LogP contribution is -2.38. The van der Waals surface area contributed by atoms with Gasteiger partial charge in [0.05, 0.1) is 12.0 Å². The zero-order chi connectivity index (χ0) is 11.4. The maximum atomic E-state index is 12.0. The molecule has 84 valence electrons. The normalized spacial score (nSPS) is 19.1. The van der Waals surface area contributed by atoms with Crippen LogP contribution in [0.1, 0.15) is 33.6 Å². The number of carbonyl (C=O) groups excluding carboxylic acids is 1. The Balaban J connectivity index is 2.49. The van der Waals surface area contributed by atoms with Crippen LogP contribution in [0, 0.1) is 29.1 Å². The molecule has 0 radical (unpaired) electrons. The van der Waals surface area contributed by atoms with Gasteiger partial charge in [-0.3, -0.25) is 4.79 Å². The summed E-state index contributed by atoms with van der Waals surface area (Å²) in [6, 6.07) is 2.17. The molecule has 0 aromatic rings. The van der Waals surface area contributed by atoms with Gasteiger partial charge in [-0.15, -0.1) is 0 Å². The summed E-state index contributed by atoms with van der Waals surface area (Å²) >= 11 is 0. The summed E-state index contributed by atoms with van der Waals surface area (Å²) in [5.74, 6) is 0.905. The molecule has 0 aromatic carbocycles. The van der Waals surface area contributed by atoms with Crippen molar-refractivity contribution in [3.05, 3.63) is 0 Å². The minimum atomic E-state index is -0.0692. The third kappa shape index (κ3) is 3.23. The average Bonchev–Trinajstić information content (AvgIpc) is 3.07. The molecule has 0 N–H and O–H groups in total. The first-order chi connectivity index (χ1) is 7.10. The second-order valence-electron chi connectivity index (χ2n) is 4.53. The van der Waals surface area contributed by atoms with Crippen LogP contribution < -0.4 is 0 Å². The quantitative estimate of drug-likeness (QED) is 0.694. The van der Waals surface area contributed by atoms with Gasteiger partial charge >= 0.3 is 0 Å². The van der Waals surface area contributed by atoms with E-state index in [1.165, 1.54) is 12.8 Å². The van der Waals surface area contributed by atoms with Crippen molar-refractivity contribution >= 4 is 5.91 Å². The van der Waals surface area contributed by atoms with E-state index in [0.29, 0.717) is 19.0 Å². The fraction of sp³-hybridized carbons (Fsp3) is 0.833. The number of nitrogens with zero attached hydrogens (tertiary/aromatic N) is 2. The van der Waals surface area contributed by atoms with Gasteiger partial charge in [-0.25, -0.2) is 0 Å².